The molecule has 1 N–H and O–H groups in total. The van der Waals surface area contributed by atoms with Crippen LogP contribution in [-0.4, -0.2) is 51.9 Å². The molecule has 1 fully saturated rings. The van der Waals surface area contributed by atoms with Crippen molar-refractivity contribution in [1.82, 2.24) is 15.2 Å². The minimum absolute atomic E-state index is 0.0306. The number of rotatable bonds is 4. The van der Waals surface area contributed by atoms with Crippen LogP contribution < -0.4 is 5.32 Å². The van der Waals surface area contributed by atoms with Crippen LogP contribution in [0.3, 0.4) is 0 Å². The summed E-state index contributed by atoms with van der Waals surface area (Å²) in [4.78, 5) is 31.2. The molecular weight excluding hydrogens is 350 g/mol. The van der Waals surface area contributed by atoms with E-state index in [0.29, 0.717) is 23.9 Å². The molecule has 0 aliphatic carbocycles. The van der Waals surface area contributed by atoms with Gasteiger partial charge in [-0.05, 0) is 45.7 Å². The first-order chi connectivity index (χ1) is 12.2. The van der Waals surface area contributed by atoms with E-state index in [0.717, 1.165) is 17.9 Å². The third-order valence-electron chi connectivity index (χ3n) is 3.78. The van der Waals surface area contributed by atoms with Gasteiger partial charge in [-0.2, -0.15) is 0 Å². The molecule has 144 valence electrons. The molecule has 1 aliphatic rings. The van der Waals surface area contributed by atoms with Crippen LogP contribution in [0.5, 0.6) is 0 Å². The van der Waals surface area contributed by atoms with Crippen molar-refractivity contribution in [3.63, 3.8) is 0 Å². The fraction of sp³-hybridized carbons (Fsp3) is 0.632. The molecule has 0 bridgehead atoms. The van der Waals surface area contributed by atoms with Gasteiger partial charge in [0.15, 0.2) is 0 Å². The second-order valence-electron chi connectivity index (χ2n) is 7.76. The highest BCUT2D eigenvalue weighted by Crippen LogP contribution is 2.26. The zero-order valence-electron chi connectivity index (χ0n) is 16.2. The topological polar surface area (TPSA) is 71.5 Å². The van der Waals surface area contributed by atoms with E-state index in [1.165, 1.54) is 0 Å². The summed E-state index contributed by atoms with van der Waals surface area (Å²) in [6.45, 7) is 10.8. The fourth-order valence-electron chi connectivity index (χ4n) is 2.79. The van der Waals surface area contributed by atoms with Gasteiger partial charge in [0.05, 0.1) is 5.56 Å². The lowest BCUT2D eigenvalue weighted by atomic mass is 10.0. The Hall–Kier alpha value is -1.76. The number of carbonyl (C=O) groups excluding carboxylic acids is 2. The summed E-state index contributed by atoms with van der Waals surface area (Å²) in [5.41, 5.74) is 0.0940. The number of amides is 2. The van der Waals surface area contributed by atoms with Crippen molar-refractivity contribution in [2.45, 2.75) is 69.4 Å². The molecule has 1 aromatic heterocycles. The minimum Gasteiger partial charge on any atom is -0.444 e. The van der Waals surface area contributed by atoms with Crippen molar-refractivity contribution in [1.29, 1.82) is 0 Å². The van der Waals surface area contributed by atoms with Crippen LogP contribution in [0, 0.1) is 0 Å². The second-order valence-corrected chi connectivity index (χ2v) is 9.32. The van der Waals surface area contributed by atoms with Gasteiger partial charge in [0.2, 0.25) is 0 Å². The summed E-state index contributed by atoms with van der Waals surface area (Å²) >= 11 is 1.59. The molecule has 2 rings (SSSR count). The number of nitrogens with one attached hydrogen (secondary N) is 1. The van der Waals surface area contributed by atoms with Gasteiger partial charge in [-0.25, -0.2) is 9.78 Å². The van der Waals surface area contributed by atoms with Crippen molar-refractivity contribution >= 4 is 23.8 Å². The molecule has 7 heteroatoms. The number of hydrogen-bond donors (Lipinski definition) is 1. The highest BCUT2D eigenvalue weighted by Gasteiger charge is 2.28. The number of hydrogen-bond acceptors (Lipinski definition) is 5. The van der Waals surface area contributed by atoms with Gasteiger partial charge in [-0.15, -0.1) is 11.8 Å². The van der Waals surface area contributed by atoms with Crippen molar-refractivity contribution in [2.75, 3.05) is 13.1 Å². The van der Waals surface area contributed by atoms with Crippen LogP contribution in [-0.2, 0) is 4.74 Å². The number of piperidine rings is 1. The lowest BCUT2D eigenvalue weighted by Crippen LogP contribution is -2.50. The Morgan fingerprint density at radius 1 is 1.38 bits per heavy atom. The molecular formula is C19H29N3O3S. The Labute approximate surface area is 160 Å². The van der Waals surface area contributed by atoms with Gasteiger partial charge in [-0.1, -0.05) is 13.8 Å². The first-order valence-electron chi connectivity index (χ1n) is 9.06. The van der Waals surface area contributed by atoms with Gasteiger partial charge in [-0.3, -0.25) is 4.79 Å². The standard InChI is InChI=1S/C19H29N3O3S/c1-13(2)26-16-15(9-6-10-20-16)17(23)22-11-7-8-14(12-22)21-18(24)25-19(3,4)5/h6,9-10,13-14H,7-8,11-12H2,1-5H3,(H,21,24)/t14-/m1/s1. The van der Waals surface area contributed by atoms with Crippen molar-refractivity contribution < 1.29 is 14.3 Å². The molecule has 0 aromatic carbocycles. The summed E-state index contributed by atoms with van der Waals surface area (Å²) in [5.74, 6) is -0.0306. The van der Waals surface area contributed by atoms with Crippen LogP contribution in [0.4, 0.5) is 4.79 Å². The zero-order chi connectivity index (χ0) is 19.3. The van der Waals surface area contributed by atoms with E-state index in [1.54, 1.807) is 28.9 Å². The Kier molecular flexibility index (Phi) is 6.92. The number of alkyl carbamates (subject to hydrolysis) is 1. The van der Waals surface area contributed by atoms with Crippen molar-refractivity contribution in [3.8, 4) is 0 Å². The number of pyridine rings is 1. The van der Waals surface area contributed by atoms with E-state index in [4.69, 9.17) is 4.74 Å². The molecule has 26 heavy (non-hydrogen) atoms. The van der Waals surface area contributed by atoms with E-state index in [-0.39, 0.29) is 11.9 Å². The molecule has 1 aliphatic heterocycles. The number of likely N-dealkylation sites (tertiary alicyclic amines) is 1. The predicted octanol–water partition coefficient (Wildman–Crippen LogP) is 3.71. The lowest BCUT2D eigenvalue weighted by Gasteiger charge is -2.34. The lowest BCUT2D eigenvalue weighted by molar-refractivity contribution is 0.0451. The molecule has 0 saturated carbocycles. The summed E-state index contributed by atoms with van der Waals surface area (Å²) < 4.78 is 5.32. The third-order valence-corrected chi connectivity index (χ3v) is 4.80. The summed E-state index contributed by atoms with van der Waals surface area (Å²) in [6, 6.07) is 3.52. The number of nitrogens with zero attached hydrogens (tertiary/aromatic N) is 2. The van der Waals surface area contributed by atoms with Crippen LogP contribution >= 0.6 is 11.8 Å². The van der Waals surface area contributed by atoms with Crippen LogP contribution in [0.15, 0.2) is 23.4 Å². The van der Waals surface area contributed by atoms with E-state index >= 15 is 0 Å². The molecule has 1 saturated heterocycles. The van der Waals surface area contributed by atoms with Crippen LogP contribution in [0.25, 0.3) is 0 Å². The van der Waals surface area contributed by atoms with Crippen LogP contribution in [0.2, 0.25) is 0 Å². The first-order valence-corrected chi connectivity index (χ1v) is 9.94. The van der Waals surface area contributed by atoms with Gasteiger partial charge in [0.1, 0.15) is 10.6 Å². The van der Waals surface area contributed by atoms with Crippen molar-refractivity contribution in [3.05, 3.63) is 23.9 Å². The summed E-state index contributed by atoms with van der Waals surface area (Å²) in [6.07, 6.45) is 2.96. The van der Waals surface area contributed by atoms with Crippen LogP contribution in [0.1, 0.15) is 57.8 Å². The molecule has 0 radical (unpaired) electrons. The van der Waals surface area contributed by atoms with E-state index in [2.05, 4.69) is 24.1 Å². The molecule has 2 heterocycles. The SMILES string of the molecule is CC(C)Sc1ncccc1C(=O)N1CCC[C@@H](NC(=O)OC(C)(C)C)C1. The maximum absolute atomic E-state index is 13.0. The largest absolute Gasteiger partial charge is 0.444 e. The monoisotopic (exact) mass is 379 g/mol. The molecule has 2 amide bonds. The van der Waals surface area contributed by atoms with Gasteiger partial charge in [0.25, 0.3) is 5.91 Å². The third kappa shape index (κ3) is 6.20. The first kappa shape index (κ1) is 20.6. The zero-order valence-corrected chi connectivity index (χ0v) is 17.1. The normalized spacial score (nSPS) is 17.9. The predicted molar refractivity (Wildman–Crippen MR) is 104 cm³/mol. The maximum Gasteiger partial charge on any atom is 0.407 e. The highest BCUT2D eigenvalue weighted by molar-refractivity contribution is 7.99. The highest BCUT2D eigenvalue weighted by atomic mass is 32.2. The van der Waals surface area contributed by atoms with Gasteiger partial charge < -0.3 is 15.0 Å². The molecule has 0 spiro atoms. The average Bonchev–Trinajstić information content (AvgIpc) is 2.52. The van der Waals surface area contributed by atoms with E-state index in [9.17, 15) is 9.59 Å². The fourth-order valence-corrected chi connectivity index (χ4v) is 3.65. The summed E-state index contributed by atoms with van der Waals surface area (Å²) in [5, 5.41) is 3.99. The van der Waals surface area contributed by atoms with E-state index < -0.39 is 11.7 Å². The van der Waals surface area contributed by atoms with Gasteiger partial charge >= 0.3 is 6.09 Å². The average molecular weight is 380 g/mol. The molecule has 0 unspecified atom stereocenters. The summed E-state index contributed by atoms with van der Waals surface area (Å²) in [7, 11) is 0. The maximum atomic E-state index is 13.0. The number of aromatic nitrogens is 1. The van der Waals surface area contributed by atoms with Crippen molar-refractivity contribution in [2.24, 2.45) is 0 Å². The number of ether oxygens (including phenoxy) is 1. The Morgan fingerprint density at radius 2 is 2.12 bits per heavy atom. The van der Waals surface area contributed by atoms with E-state index in [1.807, 2.05) is 26.8 Å². The Balaban J connectivity index is 2.03. The number of carbonyl (C=O) groups is 2. The Morgan fingerprint density at radius 3 is 2.77 bits per heavy atom. The smallest absolute Gasteiger partial charge is 0.407 e. The Bertz CT molecular complexity index is 643. The quantitative estimate of drug-likeness (QED) is 0.808. The van der Waals surface area contributed by atoms with Gasteiger partial charge in [0, 0.05) is 30.6 Å². The molecule has 1 atom stereocenters. The second kappa shape index (κ2) is 8.75. The minimum atomic E-state index is -0.535. The number of thioether (sulfide) groups is 1. The molecule has 1 aromatic rings. The molecule has 6 nitrogen and oxygen atoms in total.